The molecule has 190 valence electrons. The number of hydrogen-bond acceptors (Lipinski definition) is 4. The van der Waals surface area contributed by atoms with E-state index in [0.717, 1.165) is 18.7 Å². The molecule has 4 rings (SSSR count). The number of piperazine rings is 1. The van der Waals surface area contributed by atoms with E-state index in [9.17, 15) is 13.2 Å². The van der Waals surface area contributed by atoms with Crippen LogP contribution >= 0.6 is 0 Å². The van der Waals surface area contributed by atoms with Gasteiger partial charge in [0.15, 0.2) is 0 Å². The highest BCUT2D eigenvalue weighted by atomic mass is 32.2. The molecule has 0 atom stereocenters. The van der Waals surface area contributed by atoms with Gasteiger partial charge in [0.25, 0.3) is 0 Å². The van der Waals surface area contributed by atoms with Gasteiger partial charge in [-0.05, 0) is 49.1 Å². The molecule has 36 heavy (non-hydrogen) atoms. The van der Waals surface area contributed by atoms with Gasteiger partial charge in [-0.1, -0.05) is 72.8 Å². The molecule has 0 radical (unpaired) electrons. The zero-order valence-electron chi connectivity index (χ0n) is 21.0. The van der Waals surface area contributed by atoms with E-state index < -0.39 is 10.0 Å². The summed E-state index contributed by atoms with van der Waals surface area (Å²) in [7, 11) is -3.51. The van der Waals surface area contributed by atoms with Crippen molar-refractivity contribution in [2.24, 2.45) is 0 Å². The minimum Gasteiger partial charge on any atom is -0.340 e. The predicted octanol–water partition coefficient (Wildman–Crippen LogP) is 4.24. The zero-order chi connectivity index (χ0) is 25.5. The molecule has 3 aromatic carbocycles. The highest BCUT2D eigenvalue weighted by molar-refractivity contribution is 7.89. The number of carbonyl (C=O) groups excluding carboxylic acids is 1. The second-order valence-electron chi connectivity index (χ2n) is 9.56. The highest BCUT2D eigenvalue weighted by Gasteiger charge is 2.28. The summed E-state index contributed by atoms with van der Waals surface area (Å²) in [6.45, 7) is 6.62. The number of amides is 1. The van der Waals surface area contributed by atoms with Gasteiger partial charge in [-0.25, -0.2) is 13.1 Å². The normalized spacial score (nSPS) is 14.9. The molecule has 7 heteroatoms. The molecule has 0 aliphatic carbocycles. The number of nitrogens with zero attached hydrogens (tertiary/aromatic N) is 2. The Balaban J connectivity index is 1.33. The molecule has 6 nitrogen and oxygen atoms in total. The Kier molecular flexibility index (Phi) is 8.56. The van der Waals surface area contributed by atoms with Crippen LogP contribution in [0.2, 0.25) is 0 Å². The fourth-order valence-electron chi connectivity index (χ4n) is 4.74. The first-order valence-corrected chi connectivity index (χ1v) is 14.0. The molecule has 0 saturated carbocycles. The van der Waals surface area contributed by atoms with Crippen LogP contribution in [-0.2, 0) is 21.2 Å². The van der Waals surface area contributed by atoms with E-state index in [4.69, 9.17) is 0 Å². The Morgan fingerprint density at radius 1 is 0.806 bits per heavy atom. The van der Waals surface area contributed by atoms with Crippen molar-refractivity contribution in [2.45, 2.75) is 43.7 Å². The molecular formula is C29H35N3O3S. The predicted molar refractivity (Wildman–Crippen MR) is 143 cm³/mol. The minimum absolute atomic E-state index is 0.142. The molecule has 0 aromatic heterocycles. The monoisotopic (exact) mass is 505 g/mol. The maximum absolute atomic E-state index is 12.9. The quantitative estimate of drug-likeness (QED) is 0.472. The summed E-state index contributed by atoms with van der Waals surface area (Å²) in [5.74, 6) is 0.142. The number of benzene rings is 3. The smallest absolute Gasteiger partial charge is 0.240 e. The lowest BCUT2D eigenvalue weighted by atomic mass is 9.96. The third-order valence-electron chi connectivity index (χ3n) is 6.51. The van der Waals surface area contributed by atoms with E-state index in [0.29, 0.717) is 25.9 Å². The molecule has 0 spiro atoms. The van der Waals surface area contributed by atoms with Crippen LogP contribution in [0.1, 0.15) is 43.0 Å². The van der Waals surface area contributed by atoms with Gasteiger partial charge >= 0.3 is 0 Å². The summed E-state index contributed by atoms with van der Waals surface area (Å²) in [6, 6.07) is 27.9. The molecule has 1 heterocycles. The molecule has 1 N–H and O–H groups in total. The van der Waals surface area contributed by atoms with Crippen LogP contribution in [0, 0.1) is 0 Å². The van der Waals surface area contributed by atoms with Gasteiger partial charge in [0.1, 0.15) is 0 Å². The van der Waals surface area contributed by atoms with Gasteiger partial charge in [0, 0.05) is 38.6 Å². The Hall–Kier alpha value is -3.00. The van der Waals surface area contributed by atoms with E-state index >= 15 is 0 Å². The van der Waals surface area contributed by atoms with Crippen molar-refractivity contribution in [3.8, 4) is 0 Å². The molecule has 1 saturated heterocycles. The zero-order valence-corrected chi connectivity index (χ0v) is 21.8. The van der Waals surface area contributed by atoms with Crippen LogP contribution in [0.4, 0.5) is 0 Å². The van der Waals surface area contributed by atoms with E-state index in [1.807, 2.05) is 17.0 Å². The Morgan fingerprint density at radius 3 is 1.83 bits per heavy atom. The number of nitrogens with one attached hydrogen (secondary N) is 1. The van der Waals surface area contributed by atoms with E-state index in [2.05, 4.69) is 58.2 Å². The first-order chi connectivity index (χ1) is 17.3. The lowest BCUT2D eigenvalue weighted by molar-refractivity contribution is -0.133. The summed E-state index contributed by atoms with van der Waals surface area (Å²) in [5.41, 5.74) is 3.48. The third-order valence-corrected chi connectivity index (χ3v) is 8.19. The standard InChI is InChI=1S/C29H35N3O3S/c1-23(2)30-36(34,35)27-16-13-24(14-17-27)15-18-28(33)31-19-21-32(22-20-31)29(25-9-5-3-6-10-25)26-11-7-4-8-12-26/h3-14,16-17,23,29-30H,15,18-22H2,1-2H3. The second-order valence-corrected chi connectivity index (χ2v) is 11.3. The van der Waals surface area contributed by atoms with Crippen LogP contribution in [0.3, 0.4) is 0 Å². The summed E-state index contributed by atoms with van der Waals surface area (Å²) >= 11 is 0. The molecular weight excluding hydrogens is 470 g/mol. The Morgan fingerprint density at radius 2 is 1.33 bits per heavy atom. The first-order valence-electron chi connectivity index (χ1n) is 12.6. The lowest BCUT2D eigenvalue weighted by Gasteiger charge is -2.40. The molecule has 1 aliphatic heterocycles. The maximum atomic E-state index is 12.9. The van der Waals surface area contributed by atoms with E-state index in [-0.39, 0.29) is 22.9 Å². The van der Waals surface area contributed by atoms with Gasteiger partial charge in [0.05, 0.1) is 10.9 Å². The average molecular weight is 506 g/mol. The van der Waals surface area contributed by atoms with Gasteiger partial charge in [0.2, 0.25) is 15.9 Å². The second kappa shape index (κ2) is 11.8. The summed E-state index contributed by atoms with van der Waals surface area (Å²) < 4.78 is 27.2. The highest BCUT2D eigenvalue weighted by Crippen LogP contribution is 2.29. The molecule has 0 unspecified atom stereocenters. The van der Waals surface area contributed by atoms with Crippen molar-refractivity contribution >= 4 is 15.9 Å². The molecule has 1 amide bonds. The van der Waals surface area contributed by atoms with Crippen molar-refractivity contribution in [3.05, 3.63) is 102 Å². The Labute approximate surface area is 215 Å². The van der Waals surface area contributed by atoms with Crippen molar-refractivity contribution in [3.63, 3.8) is 0 Å². The maximum Gasteiger partial charge on any atom is 0.240 e. The fraction of sp³-hybridized carbons (Fsp3) is 0.345. The summed E-state index contributed by atoms with van der Waals surface area (Å²) in [5, 5.41) is 0. The molecule has 3 aromatic rings. The number of sulfonamides is 1. The Bertz CT molecular complexity index is 1180. The van der Waals surface area contributed by atoms with Crippen molar-refractivity contribution in [1.82, 2.24) is 14.5 Å². The summed E-state index contributed by atoms with van der Waals surface area (Å²) in [6.07, 6.45) is 1.00. The average Bonchev–Trinajstić information content (AvgIpc) is 2.89. The van der Waals surface area contributed by atoms with Gasteiger partial charge in [-0.3, -0.25) is 9.69 Å². The minimum atomic E-state index is -3.51. The topological polar surface area (TPSA) is 69.7 Å². The van der Waals surface area contributed by atoms with Crippen LogP contribution in [0.5, 0.6) is 0 Å². The van der Waals surface area contributed by atoms with Crippen molar-refractivity contribution in [2.75, 3.05) is 26.2 Å². The lowest BCUT2D eigenvalue weighted by Crippen LogP contribution is -2.49. The number of carbonyl (C=O) groups is 1. The number of hydrogen-bond donors (Lipinski definition) is 1. The number of aryl methyl sites for hydroxylation is 1. The first kappa shape index (κ1) is 26.1. The van der Waals surface area contributed by atoms with Crippen molar-refractivity contribution in [1.29, 1.82) is 0 Å². The molecule has 0 bridgehead atoms. The third kappa shape index (κ3) is 6.60. The molecule has 1 aliphatic rings. The fourth-order valence-corrected chi connectivity index (χ4v) is 5.99. The SMILES string of the molecule is CC(C)NS(=O)(=O)c1ccc(CCC(=O)N2CCN(C(c3ccccc3)c3ccccc3)CC2)cc1. The number of rotatable bonds is 9. The van der Waals surface area contributed by atoms with Crippen LogP contribution in [0.15, 0.2) is 89.8 Å². The van der Waals surface area contributed by atoms with Crippen molar-refractivity contribution < 1.29 is 13.2 Å². The van der Waals surface area contributed by atoms with Crippen LogP contribution in [0.25, 0.3) is 0 Å². The van der Waals surface area contributed by atoms with E-state index in [1.165, 1.54) is 11.1 Å². The largest absolute Gasteiger partial charge is 0.340 e. The van der Waals surface area contributed by atoms with Gasteiger partial charge in [-0.2, -0.15) is 0 Å². The molecule has 1 fully saturated rings. The summed E-state index contributed by atoms with van der Waals surface area (Å²) in [4.78, 5) is 17.6. The van der Waals surface area contributed by atoms with Gasteiger partial charge in [-0.15, -0.1) is 0 Å². The van der Waals surface area contributed by atoms with E-state index in [1.54, 1.807) is 38.1 Å². The van der Waals surface area contributed by atoms with Crippen LogP contribution in [-0.4, -0.2) is 56.3 Å². The van der Waals surface area contributed by atoms with Gasteiger partial charge < -0.3 is 4.90 Å². The van der Waals surface area contributed by atoms with Crippen LogP contribution < -0.4 is 4.72 Å².